The van der Waals surface area contributed by atoms with Gasteiger partial charge < -0.3 is 14.8 Å². The van der Waals surface area contributed by atoms with Crippen molar-refractivity contribution in [3.05, 3.63) is 48.5 Å². The van der Waals surface area contributed by atoms with Crippen LogP contribution in [-0.2, 0) is 14.8 Å². The second kappa shape index (κ2) is 9.76. The molecular weight excluding hydrogens is 392 g/mol. The molecular formula is C21H26N2O5S. The summed E-state index contributed by atoms with van der Waals surface area (Å²) in [4.78, 5) is 12.4. The zero-order valence-corrected chi connectivity index (χ0v) is 17.3. The van der Waals surface area contributed by atoms with E-state index in [9.17, 15) is 13.2 Å². The number of hydrogen-bond acceptors (Lipinski definition) is 5. The number of ether oxygens (including phenoxy) is 2. The molecule has 8 heteroatoms. The highest BCUT2D eigenvalue weighted by Gasteiger charge is 2.25. The van der Waals surface area contributed by atoms with Crippen molar-refractivity contribution in [3.8, 4) is 11.5 Å². The molecule has 1 fully saturated rings. The summed E-state index contributed by atoms with van der Waals surface area (Å²) in [6.07, 6.45) is 3.84. The maximum absolute atomic E-state index is 12.9. The van der Waals surface area contributed by atoms with Gasteiger partial charge in [-0.25, -0.2) is 8.42 Å². The minimum absolute atomic E-state index is 0.183. The van der Waals surface area contributed by atoms with E-state index in [1.165, 1.54) is 17.5 Å². The average molecular weight is 419 g/mol. The fourth-order valence-corrected chi connectivity index (χ4v) is 4.81. The van der Waals surface area contributed by atoms with Crippen molar-refractivity contribution in [3.63, 3.8) is 0 Å². The lowest BCUT2D eigenvalue weighted by Crippen LogP contribution is -2.32. The summed E-state index contributed by atoms with van der Waals surface area (Å²) in [7, 11) is -2.05. The summed E-state index contributed by atoms with van der Waals surface area (Å²) in [5.41, 5.74) is 0.412. The molecule has 0 aliphatic carbocycles. The Labute approximate surface area is 171 Å². The average Bonchev–Trinajstić information content (AvgIpc) is 3.03. The maximum atomic E-state index is 12.9. The number of rotatable bonds is 7. The number of methoxy groups -OCH3 is 1. The summed E-state index contributed by atoms with van der Waals surface area (Å²) < 4.78 is 38.1. The highest BCUT2D eigenvalue weighted by molar-refractivity contribution is 7.89. The van der Waals surface area contributed by atoms with E-state index in [1.54, 1.807) is 36.4 Å². The summed E-state index contributed by atoms with van der Waals surface area (Å²) in [6, 6.07) is 13.4. The van der Waals surface area contributed by atoms with Crippen LogP contribution in [0.2, 0.25) is 0 Å². The fraction of sp³-hybridized carbons (Fsp3) is 0.381. The molecule has 1 saturated heterocycles. The summed E-state index contributed by atoms with van der Waals surface area (Å²) >= 11 is 0. The quantitative estimate of drug-likeness (QED) is 0.746. The van der Waals surface area contributed by atoms with E-state index in [-0.39, 0.29) is 17.4 Å². The first kappa shape index (κ1) is 21.1. The number of anilines is 1. The first-order valence-electron chi connectivity index (χ1n) is 9.66. The lowest BCUT2D eigenvalue weighted by atomic mass is 10.2. The van der Waals surface area contributed by atoms with Crippen LogP contribution in [0.4, 0.5) is 5.69 Å². The van der Waals surface area contributed by atoms with Gasteiger partial charge in [-0.2, -0.15) is 4.31 Å². The zero-order valence-electron chi connectivity index (χ0n) is 16.5. The van der Waals surface area contributed by atoms with Crippen molar-refractivity contribution in [1.29, 1.82) is 0 Å². The SMILES string of the molecule is COc1ccccc1OCC(=O)Nc1cccc(S(=O)(=O)N2CCCCCC2)c1. The van der Waals surface area contributed by atoms with E-state index in [1.807, 2.05) is 6.07 Å². The van der Waals surface area contributed by atoms with Gasteiger partial charge in [-0.1, -0.05) is 31.0 Å². The number of sulfonamides is 1. The van der Waals surface area contributed by atoms with E-state index in [4.69, 9.17) is 9.47 Å². The van der Waals surface area contributed by atoms with Gasteiger partial charge in [0.2, 0.25) is 10.0 Å². The smallest absolute Gasteiger partial charge is 0.262 e. The summed E-state index contributed by atoms with van der Waals surface area (Å²) in [5, 5.41) is 2.69. The van der Waals surface area contributed by atoms with E-state index in [2.05, 4.69) is 5.32 Å². The third-order valence-electron chi connectivity index (χ3n) is 4.75. The zero-order chi connectivity index (χ0) is 20.7. The second-order valence-electron chi connectivity index (χ2n) is 6.83. The maximum Gasteiger partial charge on any atom is 0.262 e. The van der Waals surface area contributed by atoms with E-state index in [0.29, 0.717) is 30.3 Å². The molecule has 156 valence electrons. The Balaban J connectivity index is 1.65. The Morgan fingerprint density at radius 2 is 1.69 bits per heavy atom. The monoisotopic (exact) mass is 418 g/mol. The molecule has 0 spiro atoms. The molecule has 0 unspecified atom stereocenters. The van der Waals surface area contributed by atoms with Crippen LogP contribution in [0, 0.1) is 0 Å². The van der Waals surface area contributed by atoms with Crippen LogP contribution >= 0.6 is 0 Å². The first-order chi connectivity index (χ1) is 14.0. The Bertz CT molecular complexity index is 938. The van der Waals surface area contributed by atoms with Crippen molar-refractivity contribution < 1.29 is 22.7 Å². The number of benzene rings is 2. The van der Waals surface area contributed by atoms with Gasteiger partial charge in [-0.3, -0.25) is 4.79 Å². The summed E-state index contributed by atoms with van der Waals surface area (Å²) in [6.45, 7) is 0.848. The molecule has 1 aliphatic rings. The van der Waals surface area contributed by atoms with Crippen LogP contribution in [0.1, 0.15) is 25.7 Å². The fourth-order valence-electron chi connectivity index (χ4n) is 3.24. The predicted molar refractivity (Wildman–Crippen MR) is 111 cm³/mol. The van der Waals surface area contributed by atoms with E-state index >= 15 is 0 Å². The van der Waals surface area contributed by atoms with Crippen LogP contribution in [0.25, 0.3) is 0 Å². The van der Waals surface area contributed by atoms with Gasteiger partial charge in [0.15, 0.2) is 18.1 Å². The van der Waals surface area contributed by atoms with Crippen LogP contribution in [0.15, 0.2) is 53.4 Å². The van der Waals surface area contributed by atoms with E-state index in [0.717, 1.165) is 25.7 Å². The predicted octanol–water partition coefficient (Wildman–Crippen LogP) is 3.28. The second-order valence-corrected chi connectivity index (χ2v) is 8.77. The van der Waals surface area contributed by atoms with Crippen LogP contribution in [-0.4, -0.2) is 45.4 Å². The van der Waals surface area contributed by atoms with Gasteiger partial charge in [-0.15, -0.1) is 0 Å². The lowest BCUT2D eigenvalue weighted by molar-refractivity contribution is -0.118. The van der Waals surface area contributed by atoms with Gasteiger partial charge >= 0.3 is 0 Å². The summed E-state index contributed by atoms with van der Waals surface area (Å²) in [5.74, 6) is 0.605. The molecule has 0 aromatic heterocycles. The Kier molecular flexibility index (Phi) is 7.11. The van der Waals surface area contributed by atoms with Gasteiger partial charge in [-0.05, 0) is 43.2 Å². The number of carbonyl (C=O) groups excluding carboxylic acids is 1. The molecule has 1 aliphatic heterocycles. The normalized spacial score (nSPS) is 15.3. The van der Waals surface area contributed by atoms with Crippen LogP contribution in [0.3, 0.4) is 0 Å². The van der Waals surface area contributed by atoms with Gasteiger partial charge in [0, 0.05) is 18.8 Å². The third kappa shape index (κ3) is 5.48. The van der Waals surface area contributed by atoms with Gasteiger partial charge in [0.25, 0.3) is 5.91 Å². The number of hydrogen-bond donors (Lipinski definition) is 1. The number of nitrogens with one attached hydrogen (secondary N) is 1. The van der Waals surface area contributed by atoms with Crippen molar-refractivity contribution in [2.75, 3.05) is 32.1 Å². The highest BCUT2D eigenvalue weighted by atomic mass is 32.2. The molecule has 2 aromatic rings. The molecule has 1 N–H and O–H groups in total. The molecule has 0 atom stereocenters. The van der Waals surface area contributed by atoms with E-state index < -0.39 is 10.0 Å². The molecule has 1 amide bonds. The topological polar surface area (TPSA) is 84.9 Å². The largest absolute Gasteiger partial charge is 0.493 e. The van der Waals surface area contributed by atoms with Crippen molar-refractivity contribution in [1.82, 2.24) is 4.31 Å². The number of nitrogens with zero attached hydrogens (tertiary/aromatic N) is 1. The molecule has 0 radical (unpaired) electrons. The standard InChI is InChI=1S/C21H26N2O5S/c1-27-19-11-4-5-12-20(19)28-16-21(24)22-17-9-8-10-18(15-17)29(25,26)23-13-6-2-3-7-14-23/h4-5,8-12,15H,2-3,6-7,13-14,16H2,1H3,(H,22,24). The first-order valence-corrected chi connectivity index (χ1v) is 11.1. The minimum atomic E-state index is -3.57. The van der Waals surface area contributed by atoms with Crippen LogP contribution < -0.4 is 14.8 Å². The van der Waals surface area contributed by atoms with Crippen molar-refractivity contribution in [2.45, 2.75) is 30.6 Å². The molecule has 0 saturated carbocycles. The Hall–Kier alpha value is -2.58. The number of para-hydroxylation sites is 2. The number of amides is 1. The Morgan fingerprint density at radius 3 is 2.38 bits per heavy atom. The van der Waals surface area contributed by atoms with Crippen molar-refractivity contribution >= 4 is 21.6 Å². The molecule has 1 heterocycles. The molecule has 3 rings (SSSR count). The molecule has 29 heavy (non-hydrogen) atoms. The van der Waals surface area contributed by atoms with Crippen molar-refractivity contribution in [2.24, 2.45) is 0 Å². The molecule has 0 bridgehead atoms. The molecule has 7 nitrogen and oxygen atoms in total. The highest BCUT2D eigenvalue weighted by Crippen LogP contribution is 2.26. The van der Waals surface area contributed by atoms with Gasteiger partial charge in [0.1, 0.15) is 0 Å². The third-order valence-corrected chi connectivity index (χ3v) is 6.64. The number of carbonyl (C=O) groups is 1. The van der Waals surface area contributed by atoms with Gasteiger partial charge in [0.05, 0.1) is 12.0 Å². The Morgan fingerprint density at radius 1 is 1.00 bits per heavy atom. The molecule has 2 aromatic carbocycles. The minimum Gasteiger partial charge on any atom is -0.493 e. The van der Waals surface area contributed by atoms with Crippen LogP contribution in [0.5, 0.6) is 11.5 Å². The lowest BCUT2D eigenvalue weighted by Gasteiger charge is -2.20.